The van der Waals surface area contributed by atoms with Gasteiger partial charge < -0.3 is 10.1 Å². The molecule has 1 aromatic heterocycles. The van der Waals surface area contributed by atoms with E-state index in [1.165, 1.54) is 12.8 Å². The van der Waals surface area contributed by atoms with Gasteiger partial charge in [-0.05, 0) is 43.2 Å². The number of benzene rings is 2. The molecule has 0 saturated heterocycles. The molecule has 1 saturated carbocycles. The molecule has 1 amide bonds. The van der Waals surface area contributed by atoms with Crippen LogP contribution < -0.4 is 10.1 Å². The Labute approximate surface area is 152 Å². The summed E-state index contributed by atoms with van der Waals surface area (Å²) in [5, 5.41) is 7.38. The molecule has 1 fully saturated rings. The first-order valence-electron chi connectivity index (χ1n) is 8.97. The SMILES string of the molecule is O=C(Nc1ccnn1C1CCCC1)c1cccc(Oc2ccccc2)c1. The van der Waals surface area contributed by atoms with Crippen LogP contribution in [0.3, 0.4) is 0 Å². The number of carbonyl (C=O) groups is 1. The molecule has 1 aliphatic carbocycles. The average molecular weight is 347 g/mol. The lowest BCUT2D eigenvalue weighted by molar-refractivity contribution is 0.102. The van der Waals surface area contributed by atoms with Crippen LogP contribution in [0.1, 0.15) is 42.1 Å². The molecule has 1 N–H and O–H groups in total. The number of nitrogens with one attached hydrogen (secondary N) is 1. The van der Waals surface area contributed by atoms with Gasteiger partial charge in [0.05, 0.1) is 12.2 Å². The summed E-state index contributed by atoms with van der Waals surface area (Å²) in [4.78, 5) is 12.7. The van der Waals surface area contributed by atoms with E-state index in [-0.39, 0.29) is 5.91 Å². The average Bonchev–Trinajstić information content (AvgIpc) is 3.34. The molecule has 5 nitrogen and oxygen atoms in total. The van der Waals surface area contributed by atoms with E-state index in [0.717, 1.165) is 24.4 Å². The second-order valence-corrected chi connectivity index (χ2v) is 6.50. The van der Waals surface area contributed by atoms with Crippen LogP contribution >= 0.6 is 0 Å². The predicted molar refractivity (Wildman–Crippen MR) is 101 cm³/mol. The van der Waals surface area contributed by atoms with Gasteiger partial charge in [0.1, 0.15) is 17.3 Å². The third-order valence-corrected chi connectivity index (χ3v) is 4.66. The van der Waals surface area contributed by atoms with E-state index in [2.05, 4.69) is 10.4 Å². The number of ether oxygens (including phenoxy) is 1. The smallest absolute Gasteiger partial charge is 0.256 e. The van der Waals surface area contributed by atoms with Crippen molar-refractivity contribution in [2.75, 3.05) is 5.32 Å². The molecule has 3 aromatic rings. The Kier molecular flexibility index (Phi) is 4.69. The first-order chi connectivity index (χ1) is 12.8. The third kappa shape index (κ3) is 3.61. The van der Waals surface area contributed by atoms with Crippen LogP contribution in [-0.2, 0) is 0 Å². The summed E-state index contributed by atoms with van der Waals surface area (Å²) in [6, 6.07) is 18.9. The van der Waals surface area contributed by atoms with Crippen molar-refractivity contribution in [1.82, 2.24) is 9.78 Å². The summed E-state index contributed by atoms with van der Waals surface area (Å²) in [6.45, 7) is 0. The molecule has 0 radical (unpaired) electrons. The molecule has 1 heterocycles. The highest BCUT2D eigenvalue weighted by Gasteiger charge is 2.20. The zero-order valence-corrected chi connectivity index (χ0v) is 14.5. The van der Waals surface area contributed by atoms with E-state index in [9.17, 15) is 4.79 Å². The first-order valence-corrected chi connectivity index (χ1v) is 8.97. The first kappa shape index (κ1) is 16.4. The highest BCUT2D eigenvalue weighted by Crippen LogP contribution is 2.31. The zero-order chi connectivity index (χ0) is 17.8. The van der Waals surface area contributed by atoms with Gasteiger partial charge in [-0.15, -0.1) is 0 Å². The minimum Gasteiger partial charge on any atom is -0.457 e. The lowest BCUT2D eigenvalue weighted by Crippen LogP contribution is -2.17. The summed E-state index contributed by atoms with van der Waals surface area (Å²) in [6.07, 6.45) is 6.41. The van der Waals surface area contributed by atoms with Crippen molar-refractivity contribution in [3.05, 3.63) is 72.4 Å². The Bertz CT molecular complexity index is 883. The maximum Gasteiger partial charge on any atom is 0.256 e. The molecule has 2 aromatic carbocycles. The van der Waals surface area contributed by atoms with Gasteiger partial charge in [0.2, 0.25) is 0 Å². The number of carbonyl (C=O) groups excluding carboxylic acids is 1. The Morgan fingerprint density at radius 2 is 1.77 bits per heavy atom. The lowest BCUT2D eigenvalue weighted by atomic mass is 10.2. The van der Waals surface area contributed by atoms with E-state index < -0.39 is 0 Å². The molecule has 26 heavy (non-hydrogen) atoms. The highest BCUT2D eigenvalue weighted by molar-refractivity contribution is 6.04. The topological polar surface area (TPSA) is 56.2 Å². The monoisotopic (exact) mass is 347 g/mol. The molecule has 0 bridgehead atoms. The van der Waals surface area contributed by atoms with Crippen LogP contribution in [0.15, 0.2) is 66.9 Å². The van der Waals surface area contributed by atoms with Crippen molar-refractivity contribution in [2.24, 2.45) is 0 Å². The number of amides is 1. The Morgan fingerprint density at radius 1 is 1.00 bits per heavy atom. The van der Waals surface area contributed by atoms with E-state index in [0.29, 0.717) is 17.4 Å². The quantitative estimate of drug-likeness (QED) is 0.703. The molecule has 0 unspecified atom stereocenters. The summed E-state index contributed by atoms with van der Waals surface area (Å²) >= 11 is 0. The third-order valence-electron chi connectivity index (χ3n) is 4.66. The van der Waals surface area contributed by atoms with Crippen LogP contribution in [0.25, 0.3) is 0 Å². The fourth-order valence-corrected chi connectivity index (χ4v) is 3.37. The molecule has 0 spiro atoms. The number of para-hydroxylation sites is 1. The van der Waals surface area contributed by atoms with Gasteiger partial charge in [0.25, 0.3) is 5.91 Å². The highest BCUT2D eigenvalue weighted by atomic mass is 16.5. The van der Waals surface area contributed by atoms with Crippen LogP contribution in [0.2, 0.25) is 0 Å². The fourth-order valence-electron chi connectivity index (χ4n) is 3.37. The molecular weight excluding hydrogens is 326 g/mol. The predicted octanol–water partition coefficient (Wildman–Crippen LogP) is 5.04. The molecule has 132 valence electrons. The van der Waals surface area contributed by atoms with Crippen LogP contribution in [-0.4, -0.2) is 15.7 Å². The Hall–Kier alpha value is -3.08. The van der Waals surface area contributed by atoms with Gasteiger partial charge in [-0.1, -0.05) is 37.1 Å². The molecule has 4 rings (SSSR count). The number of nitrogens with zero attached hydrogens (tertiary/aromatic N) is 2. The van der Waals surface area contributed by atoms with Crippen molar-refractivity contribution in [3.63, 3.8) is 0 Å². The van der Waals surface area contributed by atoms with E-state index in [1.54, 1.807) is 18.3 Å². The Morgan fingerprint density at radius 3 is 2.58 bits per heavy atom. The second kappa shape index (κ2) is 7.44. The van der Waals surface area contributed by atoms with Gasteiger partial charge in [0, 0.05) is 11.6 Å². The van der Waals surface area contributed by atoms with Crippen LogP contribution in [0.5, 0.6) is 11.5 Å². The van der Waals surface area contributed by atoms with Crippen LogP contribution in [0.4, 0.5) is 5.82 Å². The number of hydrogen-bond acceptors (Lipinski definition) is 3. The summed E-state index contributed by atoms with van der Waals surface area (Å²) in [5.74, 6) is 1.96. The van der Waals surface area contributed by atoms with Crippen molar-refractivity contribution < 1.29 is 9.53 Å². The minimum atomic E-state index is -0.164. The van der Waals surface area contributed by atoms with Crippen LogP contribution in [0, 0.1) is 0 Å². The fraction of sp³-hybridized carbons (Fsp3) is 0.238. The maximum atomic E-state index is 12.7. The number of hydrogen-bond donors (Lipinski definition) is 1. The van der Waals surface area contributed by atoms with Crippen molar-refractivity contribution in [1.29, 1.82) is 0 Å². The number of rotatable bonds is 5. The Balaban J connectivity index is 1.49. The van der Waals surface area contributed by atoms with E-state index in [4.69, 9.17) is 4.74 Å². The minimum absolute atomic E-state index is 0.164. The number of aromatic nitrogens is 2. The number of anilines is 1. The normalized spacial score (nSPS) is 14.3. The standard InChI is InChI=1S/C21H21N3O2/c25-21(23-20-13-14-22-24(20)17-8-4-5-9-17)16-7-6-12-19(15-16)26-18-10-2-1-3-11-18/h1-3,6-7,10-15,17H,4-5,8-9H2,(H,23,25). The maximum absolute atomic E-state index is 12.7. The van der Waals surface area contributed by atoms with Gasteiger partial charge in [-0.2, -0.15) is 5.10 Å². The van der Waals surface area contributed by atoms with Gasteiger partial charge in [-0.3, -0.25) is 4.79 Å². The molecule has 5 heteroatoms. The zero-order valence-electron chi connectivity index (χ0n) is 14.5. The molecule has 0 aliphatic heterocycles. The lowest BCUT2D eigenvalue weighted by Gasteiger charge is -2.15. The van der Waals surface area contributed by atoms with Crippen molar-refractivity contribution in [3.8, 4) is 11.5 Å². The summed E-state index contributed by atoms with van der Waals surface area (Å²) < 4.78 is 7.75. The van der Waals surface area contributed by atoms with Crippen molar-refractivity contribution in [2.45, 2.75) is 31.7 Å². The second-order valence-electron chi connectivity index (χ2n) is 6.50. The summed E-state index contributed by atoms with van der Waals surface area (Å²) in [7, 11) is 0. The molecular formula is C21H21N3O2. The van der Waals surface area contributed by atoms with Gasteiger partial charge in [0.15, 0.2) is 0 Å². The molecule has 0 atom stereocenters. The van der Waals surface area contributed by atoms with E-state index in [1.807, 2.05) is 53.2 Å². The molecule has 1 aliphatic rings. The summed E-state index contributed by atoms with van der Waals surface area (Å²) in [5.41, 5.74) is 0.553. The van der Waals surface area contributed by atoms with E-state index >= 15 is 0 Å². The van der Waals surface area contributed by atoms with Gasteiger partial charge in [-0.25, -0.2) is 4.68 Å². The van der Waals surface area contributed by atoms with Gasteiger partial charge >= 0.3 is 0 Å². The van der Waals surface area contributed by atoms with Crippen molar-refractivity contribution >= 4 is 11.7 Å². The largest absolute Gasteiger partial charge is 0.457 e.